The lowest BCUT2D eigenvalue weighted by atomic mass is 10.2. The maximum atomic E-state index is 11.7. The number of hydrogen-bond acceptors (Lipinski definition) is 4. The monoisotopic (exact) mass is 346 g/mol. The van der Waals surface area contributed by atoms with Crippen molar-refractivity contribution in [3.63, 3.8) is 0 Å². The minimum Gasteiger partial charge on any atom is -0.489 e. The summed E-state index contributed by atoms with van der Waals surface area (Å²) in [5, 5.41) is 10.3. The minimum absolute atomic E-state index is 0.209. The summed E-state index contributed by atoms with van der Waals surface area (Å²) < 4.78 is 5.66. The van der Waals surface area contributed by atoms with Gasteiger partial charge in [0.05, 0.1) is 10.0 Å². The number of carbonyl (C=O) groups is 1. The average molecular weight is 347 g/mol. The number of benzene rings is 1. The number of rotatable bonds is 5. The van der Waals surface area contributed by atoms with E-state index in [4.69, 9.17) is 27.9 Å². The van der Waals surface area contributed by atoms with Crippen LogP contribution >= 0.6 is 23.2 Å². The van der Waals surface area contributed by atoms with Crippen LogP contribution in [0.4, 0.5) is 0 Å². The molecule has 1 heterocycles. The van der Waals surface area contributed by atoms with E-state index in [1.165, 1.54) is 6.92 Å². The number of hydrogen-bond donors (Lipinski definition) is 1. The maximum absolute atomic E-state index is 11.7. The highest BCUT2D eigenvalue weighted by atomic mass is 35.5. The molecule has 122 valence electrons. The number of aliphatic hydroxyl groups excluding tert-OH is 1. The molecule has 1 amide bonds. The van der Waals surface area contributed by atoms with Crippen molar-refractivity contribution in [3.05, 3.63) is 28.2 Å². The van der Waals surface area contributed by atoms with Gasteiger partial charge in [0.2, 0.25) is 0 Å². The highest BCUT2D eigenvalue weighted by Gasteiger charge is 2.23. The highest BCUT2D eigenvalue weighted by molar-refractivity contribution is 6.37. The van der Waals surface area contributed by atoms with E-state index in [0.29, 0.717) is 35.5 Å². The van der Waals surface area contributed by atoms with E-state index < -0.39 is 6.10 Å². The standard InChI is InChI=1S/C15H20Cl2N2O3/c1-11(20)15(21)19-7-5-18(6-8-19)9-10-22-14-12(16)3-2-4-13(14)17/h2-4,11,20H,5-10H2,1H3. The van der Waals surface area contributed by atoms with E-state index >= 15 is 0 Å². The van der Waals surface area contributed by atoms with Gasteiger partial charge in [0.15, 0.2) is 5.75 Å². The summed E-state index contributed by atoms with van der Waals surface area (Å²) in [7, 11) is 0. The van der Waals surface area contributed by atoms with Crippen molar-refractivity contribution in [2.75, 3.05) is 39.3 Å². The van der Waals surface area contributed by atoms with E-state index in [9.17, 15) is 9.90 Å². The van der Waals surface area contributed by atoms with Crippen LogP contribution in [-0.2, 0) is 4.79 Å². The number of para-hydroxylation sites is 1. The van der Waals surface area contributed by atoms with Gasteiger partial charge in [-0.05, 0) is 19.1 Å². The number of ether oxygens (including phenoxy) is 1. The van der Waals surface area contributed by atoms with Crippen molar-refractivity contribution in [1.29, 1.82) is 0 Å². The fraction of sp³-hybridized carbons (Fsp3) is 0.533. The van der Waals surface area contributed by atoms with Crippen LogP contribution in [0.15, 0.2) is 18.2 Å². The quantitative estimate of drug-likeness (QED) is 0.884. The predicted molar refractivity (Wildman–Crippen MR) is 86.7 cm³/mol. The summed E-state index contributed by atoms with van der Waals surface area (Å²) in [5.74, 6) is 0.299. The largest absolute Gasteiger partial charge is 0.489 e. The van der Waals surface area contributed by atoms with Gasteiger partial charge >= 0.3 is 0 Å². The normalized spacial score (nSPS) is 17.4. The molecule has 1 aliphatic heterocycles. The summed E-state index contributed by atoms with van der Waals surface area (Å²) in [6, 6.07) is 5.25. The van der Waals surface area contributed by atoms with E-state index in [-0.39, 0.29) is 5.91 Å². The average Bonchev–Trinajstić information content (AvgIpc) is 2.50. The second kappa shape index (κ2) is 8.02. The minimum atomic E-state index is -0.933. The van der Waals surface area contributed by atoms with Crippen molar-refractivity contribution in [2.45, 2.75) is 13.0 Å². The number of halogens is 2. The predicted octanol–water partition coefficient (Wildman–Crippen LogP) is 1.90. The lowest BCUT2D eigenvalue weighted by molar-refractivity contribution is -0.141. The number of piperazine rings is 1. The van der Waals surface area contributed by atoms with E-state index in [1.54, 1.807) is 23.1 Å². The Morgan fingerprint density at radius 1 is 1.27 bits per heavy atom. The van der Waals surface area contributed by atoms with Crippen LogP contribution in [0.3, 0.4) is 0 Å². The Balaban J connectivity index is 1.74. The smallest absolute Gasteiger partial charge is 0.251 e. The lowest BCUT2D eigenvalue weighted by Crippen LogP contribution is -2.51. The molecule has 1 fully saturated rings. The number of nitrogens with zero attached hydrogens (tertiary/aromatic N) is 2. The fourth-order valence-electron chi connectivity index (χ4n) is 2.35. The number of aliphatic hydroxyl groups is 1. The van der Waals surface area contributed by atoms with E-state index in [1.807, 2.05) is 0 Å². The molecule has 1 aromatic rings. The molecule has 1 atom stereocenters. The molecule has 5 nitrogen and oxygen atoms in total. The van der Waals surface area contributed by atoms with Gasteiger partial charge in [-0.15, -0.1) is 0 Å². The van der Waals surface area contributed by atoms with Gasteiger partial charge in [-0.2, -0.15) is 0 Å². The molecular formula is C15H20Cl2N2O3. The summed E-state index contributed by atoms with van der Waals surface area (Å²) in [5.41, 5.74) is 0. The molecule has 1 N–H and O–H groups in total. The van der Waals surface area contributed by atoms with Gasteiger partial charge in [0, 0.05) is 32.7 Å². The zero-order valence-electron chi connectivity index (χ0n) is 12.5. The molecule has 0 spiro atoms. The van der Waals surface area contributed by atoms with Gasteiger partial charge in [-0.25, -0.2) is 0 Å². The first-order valence-corrected chi connectivity index (χ1v) is 8.00. The SMILES string of the molecule is CC(O)C(=O)N1CCN(CCOc2c(Cl)cccc2Cl)CC1. The van der Waals surface area contributed by atoms with Gasteiger partial charge in [-0.3, -0.25) is 9.69 Å². The molecule has 0 bridgehead atoms. The number of amides is 1. The van der Waals surface area contributed by atoms with Gasteiger partial charge in [0.1, 0.15) is 12.7 Å². The van der Waals surface area contributed by atoms with Crippen LogP contribution < -0.4 is 4.74 Å². The zero-order valence-corrected chi connectivity index (χ0v) is 14.0. The third kappa shape index (κ3) is 4.49. The molecule has 2 rings (SSSR count). The number of carbonyl (C=O) groups excluding carboxylic acids is 1. The Bertz CT molecular complexity index is 497. The van der Waals surface area contributed by atoms with Crippen molar-refractivity contribution in [2.24, 2.45) is 0 Å². The van der Waals surface area contributed by atoms with E-state index in [2.05, 4.69) is 4.90 Å². The first-order valence-electron chi connectivity index (χ1n) is 7.25. The second-order valence-electron chi connectivity index (χ2n) is 5.24. The molecule has 1 aliphatic rings. The molecule has 0 aromatic heterocycles. The van der Waals surface area contributed by atoms with Gasteiger partial charge in [-0.1, -0.05) is 29.3 Å². The van der Waals surface area contributed by atoms with Gasteiger partial charge < -0.3 is 14.7 Å². The maximum Gasteiger partial charge on any atom is 0.251 e. The summed E-state index contributed by atoms with van der Waals surface area (Å²) in [4.78, 5) is 15.6. The first-order chi connectivity index (χ1) is 10.5. The van der Waals surface area contributed by atoms with Crippen LogP contribution in [-0.4, -0.2) is 66.2 Å². The molecular weight excluding hydrogens is 327 g/mol. The Morgan fingerprint density at radius 2 is 1.86 bits per heavy atom. The van der Waals surface area contributed by atoms with Crippen LogP contribution in [0.1, 0.15) is 6.92 Å². The summed E-state index contributed by atoms with van der Waals surface area (Å²) in [6.07, 6.45) is -0.933. The molecule has 22 heavy (non-hydrogen) atoms. The van der Waals surface area contributed by atoms with Crippen LogP contribution in [0.25, 0.3) is 0 Å². The third-order valence-corrected chi connectivity index (χ3v) is 4.21. The lowest BCUT2D eigenvalue weighted by Gasteiger charge is -2.35. The van der Waals surface area contributed by atoms with Crippen LogP contribution in [0, 0.1) is 0 Å². The molecule has 7 heteroatoms. The Hall–Kier alpha value is -1.01. The Morgan fingerprint density at radius 3 is 2.41 bits per heavy atom. The Labute approximate surface area is 140 Å². The summed E-state index contributed by atoms with van der Waals surface area (Å²) >= 11 is 12.1. The first kappa shape index (κ1) is 17.3. The van der Waals surface area contributed by atoms with Gasteiger partial charge in [0.25, 0.3) is 5.91 Å². The topological polar surface area (TPSA) is 53.0 Å². The second-order valence-corrected chi connectivity index (χ2v) is 6.06. The molecule has 1 aromatic carbocycles. The van der Waals surface area contributed by atoms with Crippen LogP contribution in [0.2, 0.25) is 10.0 Å². The van der Waals surface area contributed by atoms with Crippen molar-refractivity contribution >= 4 is 29.1 Å². The highest BCUT2D eigenvalue weighted by Crippen LogP contribution is 2.32. The van der Waals surface area contributed by atoms with Crippen LogP contribution in [0.5, 0.6) is 5.75 Å². The third-order valence-electron chi connectivity index (χ3n) is 3.61. The molecule has 0 saturated carbocycles. The van der Waals surface area contributed by atoms with Crippen molar-refractivity contribution in [3.8, 4) is 5.75 Å². The molecule has 1 unspecified atom stereocenters. The Kier molecular flexibility index (Phi) is 6.32. The molecule has 1 saturated heterocycles. The fourth-order valence-corrected chi connectivity index (χ4v) is 2.86. The molecule has 0 radical (unpaired) electrons. The van der Waals surface area contributed by atoms with Crippen molar-refractivity contribution in [1.82, 2.24) is 9.80 Å². The molecule has 0 aliphatic carbocycles. The van der Waals surface area contributed by atoms with E-state index in [0.717, 1.165) is 19.6 Å². The summed E-state index contributed by atoms with van der Waals surface area (Å²) in [6.45, 7) is 5.48. The zero-order chi connectivity index (χ0) is 16.1. The van der Waals surface area contributed by atoms with Crippen molar-refractivity contribution < 1.29 is 14.6 Å².